The number of benzene rings is 3. The monoisotopic (exact) mass is 471 g/mol. The highest BCUT2D eigenvalue weighted by atomic mass is 35.5. The van der Waals surface area contributed by atoms with Gasteiger partial charge in [-0.2, -0.15) is 0 Å². The molecule has 162 valence electrons. The highest BCUT2D eigenvalue weighted by Crippen LogP contribution is 2.35. The lowest BCUT2D eigenvalue weighted by Crippen LogP contribution is -2.28. The summed E-state index contributed by atoms with van der Waals surface area (Å²) in [6.07, 6.45) is 1.58. The van der Waals surface area contributed by atoms with Crippen molar-refractivity contribution in [3.8, 4) is 5.75 Å². The van der Waals surface area contributed by atoms with Gasteiger partial charge >= 0.3 is 0 Å². The van der Waals surface area contributed by atoms with Gasteiger partial charge in [-0.25, -0.2) is 8.78 Å². The third kappa shape index (κ3) is 5.00. The molecule has 0 saturated carbocycles. The van der Waals surface area contributed by atoms with Gasteiger partial charge in [-0.05, 0) is 65.4 Å². The van der Waals surface area contributed by atoms with Crippen molar-refractivity contribution in [2.45, 2.75) is 13.2 Å². The Bertz CT molecular complexity index is 1190. The van der Waals surface area contributed by atoms with Gasteiger partial charge in [-0.3, -0.25) is 14.5 Å². The van der Waals surface area contributed by atoms with E-state index in [1.807, 2.05) is 0 Å². The number of imide groups is 1. The second-order valence-corrected chi connectivity index (χ2v) is 8.36. The molecule has 2 amide bonds. The summed E-state index contributed by atoms with van der Waals surface area (Å²) in [4.78, 5) is 26.3. The lowest BCUT2D eigenvalue weighted by molar-refractivity contribution is -0.123. The van der Waals surface area contributed by atoms with Gasteiger partial charge in [0.2, 0.25) is 0 Å². The van der Waals surface area contributed by atoms with Gasteiger partial charge in [0.05, 0.1) is 11.4 Å². The first-order valence-electron chi connectivity index (χ1n) is 9.56. The average Bonchev–Trinajstić information content (AvgIpc) is 3.03. The largest absolute Gasteiger partial charge is 0.489 e. The molecule has 1 heterocycles. The number of hydrogen-bond acceptors (Lipinski definition) is 4. The number of hydrogen-bond donors (Lipinski definition) is 0. The predicted molar refractivity (Wildman–Crippen MR) is 120 cm³/mol. The number of amides is 2. The molecule has 1 aliphatic rings. The van der Waals surface area contributed by atoms with Crippen LogP contribution in [-0.2, 0) is 17.9 Å². The van der Waals surface area contributed by atoms with Gasteiger partial charge in [0.15, 0.2) is 0 Å². The van der Waals surface area contributed by atoms with Crippen LogP contribution in [0.1, 0.15) is 16.7 Å². The molecule has 32 heavy (non-hydrogen) atoms. The molecule has 1 saturated heterocycles. The first kappa shape index (κ1) is 22.0. The van der Waals surface area contributed by atoms with Gasteiger partial charge in [-0.15, -0.1) is 0 Å². The summed E-state index contributed by atoms with van der Waals surface area (Å²) in [5, 5.41) is -0.344. The van der Waals surface area contributed by atoms with Crippen LogP contribution in [0.3, 0.4) is 0 Å². The minimum absolute atomic E-state index is 0.0916. The SMILES string of the molecule is O=C1S/C(=C\c2cccc(OCc3ccc(F)cc3)c2)C(=O)N1Cc1c(F)cccc1Cl. The van der Waals surface area contributed by atoms with Crippen LogP contribution in [0.5, 0.6) is 5.75 Å². The van der Waals surface area contributed by atoms with E-state index in [9.17, 15) is 18.4 Å². The molecule has 1 aliphatic heterocycles. The van der Waals surface area contributed by atoms with E-state index in [-0.39, 0.29) is 34.5 Å². The van der Waals surface area contributed by atoms with Gasteiger partial charge in [0, 0.05) is 10.6 Å². The Labute approximate surface area is 192 Å². The third-order valence-electron chi connectivity index (χ3n) is 4.73. The Kier molecular flexibility index (Phi) is 6.58. The predicted octanol–water partition coefficient (Wildman–Crippen LogP) is 6.43. The molecular weight excluding hydrogens is 456 g/mol. The van der Waals surface area contributed by atoms with Crippen LogP contribution >= 0.6 is 23.4 Å². The van der Waals surface area contributed by atoms with Crippen molar-refractivity contribution in [1.82, 2.24) is 4.90 Å². The Balaban J connectivity index is 1.48. The van der Waals surface area contributed by atoms with E-state index in [0.717, 1.165) is 22.2 Å². The fourth-order valence-electron chi connectivity index (χ4n) is 3.07. The molecule has 0 atom stereocenters. The molecular formula is C24H16ClF2NO3S. The zero-order valence-corrected chi connectivity index (χ0v) is 18.1. The van der Waals surface area contributed by atoms with Gasteiger partial charge in [0.25, 0.3) is 11.1 Å². The van der Waals surface area contributed by atoms with Crippen molar-refractivity contribution < 1.29 is 23.1 Å². The quantitative estimate of drug-likeness (QED) is 0.388. The minimum Gasteiger partial charge on any atom is -0.489 e. The van der Waals surface area contributed by atoms with E-state index < -0.39 is 17.0 Å². The Morgan fingerprint density at radius 3 is 2.50 bits per heavy atom. The number of carbonyl (C=O) groups excluding carboxylic acids is 2. The van der Waals surface area contributed by atoms with Gasteiger partial charge in [-0.1, -0.05) is 41.9 Å². The molecule has 0 aromatic heterocycles. The van der Waals surface area contributed by atoms with E-state index in [4.69, 9.17) is 16.3 Å². The Hall–Kier alpha value is -3.16. The maximum atomic E-state index is 14.1. The second-order valence-electron chi connectivity index (χ2n) is 6.96. The molecule has 4 rings (SSSR count). The molecule has 0 radical (unpaired) electrons. The smallest absolute Gasteiger partial charge is 0.293 e. The summed E-state index contributed by atoms with van der Waals surface area (Å²) >= 11 is 6.81. The van der Waals surface area contributed by atoms with E-state index in [0.29, 0.717) is 11.3 Å². The molecule has 0 N–H and O–H groups in total. The summed E-state index contributed by atoms with van der Waals surface area (Å²) in [5.74, 6) is -0.856. The molecule has 0 unspecified atom stereocenters. The lowest BCUT2D eigenvalue weighted by Gasteiger charge is -2.14. The number of rotatable bonds is 6. The van der Waals surface area contributed by atoms with Crippen LogP contribution in [-0.4, -0.2) is 16.0 Å². The van der Waals surface area contributed by atoms with E-state index >= 15 is 0 Å². The van der Waals surface area contributed by atoms with Crippen molar-refractivity contribution >= 4 is 40.6 Å². The van der Waals surface area contributed by atoms with Gasteiger partial charge in [0.1, 0.15) is 24.0 Å². The first-order chi connectivity index (χ1) is 15.4. The highest BCUT2D eigenvalue weighted by molar-refractivity contribution is 8.18. The fraction of sp³-hybridized carbons (Fsp3) is 0.0833. The summed E-state index contributed by atoms with van der Waals surface area (Å²) in [6, 6.07) is 17.2. The number of halogens is 3. The van der Waals surface area contributed by atoms with E-state index in [1.54, 1.807) is 42.5 Å². The molecule has 3 aromatic rings. The van der Waals surface area contributed by atoms with Crippen molar-refractivity contribution in [1.29, 1.82) is 0 Å². The molecule has 3 aromatic carbocycles. The number of ether oxygens (including phenoxy) is 1. The lowest BCUT2D eigenvalue weighted by atomic mass is 10.1. The standard InChI is InChI=1S/C24H16ClF2NO3S/c25-20-5-2-6-21(27)19(20)13-28-23(29)22(32-24(28)30)12-16-3-1-4-18(11-16)31-14-15-7-9-17(26)10-8-15/h1-12H,13-14H2/b22-12-. The third-order valence-corrected chi connectivity index (χ3v) is 5.99. The highest BCUT2D eigenvalue weighted by Gasteiger charge is 2.35. The molecule has 8 heteroatoms. The maximum Gasteiger partial charge on any atom is 0.293 e. The van der Waals surface area contributed by atoms with Crippen LogP contribution in [0.4, 0.5) is 13.6 Å². The molecule has 0 spiro atoms. The topological polar surface area (TPSA) is 46.6 Å². The Morgan fingerprint density at radius 1 is 1.00 bits per heavy atom. The second kappa shape index (κ2) is 9.54. The minimum atomic E-state index is -0.577. The molecule has 1 fully saturated rings. The van der Waals surface area contributed by atoms with E-state index in [1.165, 1.54) is 30.3 Å². The van der Waals surface area contributed by atoms with Crippen LogP contribution in [0, 0.1) is 11.6 Å². The van der Waals surface area contributed by atoms with Crippen molar-refractivity contribution in [2.75, 3.05) is 0 Å². The summed E-state index contributed by atoms with van der Waals surface area (Å²) in [7, 11) is 0. The summed E-state index contributed by atoms with van der Waals surface area (Å²) in [5.41, 5.74) is 1.56. The summed E-state index contributed by atoms with van der Waals surface area (Å²) in [6.45, 7) is 0.0119. The van der Waals surface area contributed by atoms with Crippen molar-refractivity contribution in [2.24, 2.45) is 0 Å². The fourth-order valence-corrected chi connectivity index (χ4v) is 4.13. The molecule has 0 aliphatic carbocycles. The first-order valence-corrected chi connectivity index (χ1v) is 10.8. The van der Waals surface area contributed by atoms with Crippen molar-refractivity contribution in [3.63, 3.8) is 0 Å². The zero-order valence-electron chi connectivity index (χ0n) is 16.6. The number of carbonyl (C=O) groups is 2. The summed E-state index contributed by atoms with van der Waals surface area (Å²) < 4.78 is 32.8. The van der Waals surface area contributed by atoms with Crippen LogP contribution in [0.15, 0.2) is 71.6 Å². The van der Waals surface area contributed by atoms with Gasteiger partial charge < -0.3 is 4.74 Å². The van der Waals surface area contributed by atoms with Crippen LogP contribution in [0.2, 0.25) is 5.02 Å². The zero-order chi connectivity index (χ0) is 22.7. The maximum absolute atomic E-state index is 14.1. The number of thioether (sulfide) groups is 1. The van der Waals surface area contributed by atoms with E-state index in [2.05, 4.69) is 0 Å². The molecule has 0 bridgehead atoms. The average molecular weight is 472 g/mol. The normalized spacial score (nSPS) is 15.0. The van der Waals surface area contributed by atoms with Crippen LogP contribution in [0.25, 0.3) is 6.08 Å². The molecule has 4 nitrogen and oxygen atoms in total. The Morgan fingerprint density at radius 2 is 1.75 bits per heavy atom. The number of nitrogens with zero attached hydrogens (tertiary/aromatic N) is 1. The van der Waals surface area contributed by atoms with Crippen molar-refractivity contribution in [3.05, 3.63) is 105 Å². The van der Waals surface area contributed by atoms with Crippen LogP contribution < -0.4 is 4.74 Å².